The maximum atomic E-state index is 11.5. The van der Waals surface area contributed by atoms with E-state index in [1.54, 1.807) is 16.2 Å². The summed E-state index contributed by atoms with van der Waals surface area (Å²) in [5.41, 5.74) is 5.77. The third-order valence-corrected chi connectivity index (χ3v) is 4.45. The van der Waals surface area contributed by atoms with E-state index in [1.165, 1.54) is 4.88 Å². The molecule has 3 heterocycles. The number of carbonyl (C=O) groups is 1. The highest BCUT2D eigenvalue weighted by molar-refractivity contribution is 7.18. The van der Waals surface area contributed by atoms with E-state index in [-0.39, 0.29) is 17.9 Å². The summed E-state index contributed by atoms with van der Waals surface area (Å²) in [5.74, 6) is 1.24. The van der Waals surface area contributed by atoms with Crippen LogP contribution in [-0.2, 0) is 4.79 Å². The zero-order valence-electron chi connectivity index (χ0n) is 11.5. The molecule has 0 saturated carbocycles. The van der Waals surface area contributed by atoms with Crippen LogP contribution in [0.25, 0.3) is 10.2 Å². The number of amides is 1. The van der Waals surface area contributed by atoms with Gasteiger partial charge in [-0.2, -0.15) is 4.98 Å². The van der Waals surface area contributed by atoms with Crippen LogP contribution in [0.15, 0.2) is 6.07 Å². The van der Waals surface area contributed by atoms with E-state index in [4.69, 9.17) is 5.73 Å². The maximum Gasteiger partial charge on any atom is 0.223 e. The number of hydrogen-bond donors (Lipinski definition) is 2. The molecule has 7 heteroatoms. The molecule has 1 unspecified atom stereocenters. The lowest BCUT2D eigenvalue weighted by Gasteiger charge is -2.30. The third kappa shape index (κ3) is 2.40. The molecule has 0 bridgehead atoms. The number of likely N-dealkylation sites (tertiary alicyclic amines) is 1. The van der Waals surface area contributed by atoms with Crippen molar-refractivity contribution in [3.05, 3.63) is 10.9 Å². The summed E-state index contributed by atoms with van der Waals surface area (Å²) >= 11 is 1.61. The number of nitrogens with zero attached hydrogens (tertiary/aromatic N) is 3. The normalized spacial score (nSPS) is 19.6. The van der Waals surface area contributed by atoms with Crippen molar-refractivity contribution < 1.29 is 4.79 Å². The lowest BCUT2D eigenvalue weighted by Crippen LogP contribution is -2.43. The minimum atomic E-state index is 0.196. The largest absolute Gasteiger partial charge is 0.368 e. The average Bonchev–Trinajstić information content (AvgIpc) is 2.74. The Kier molecular flexibility index (Phi) is 3.21. The first-order valence-corrected chi connectivity index (χ1v) is 7.39. The Hall–Kier alpha value is -1.89. The molecule has 1 aliphatic rings. The molecule has 0 aliphatic carbocycles. The highest BCUT2D eigenvalue weighted by atomic mass is 32.1. The topological polar surface area (TPSA) is 84.1 Å². The smallest absolute Gasteiger partial charge is 0.223 e. The quantitative estimate of drug-likeness (QED) is 0.878. The average molecular weight is 291 g/mol. The first-order valence-electron chi connectivity index (χ1n) is 6.57. The molecule has 6 nitrogen and oxygen atoms in total. The zero-order valence-corrected chi connectivity index (χ0v) is 12.3. The fraction of sp³-hybridized carbons (Fsp3) is 0.462. The summed E-state index contributed by atoms with van der Waals surface area (Å²) in [6, 6.07) is 2.27. The van der Waals surface area contributed by atoms with Crippen LogP contribution in [0.5, 0.6) is 0 Å². The molecule has 1 amide bonds. The summed E-state index contributed by atoms with van der Waals surface area (Å²) in [7, 11) is 1.83. The van der Waals surface area contributed by atoms with Crippen LogP contribution < -0.4 is 11.1 Å². The number of piperidine rings is 1. The van der Waals surface area contributed by atoms with Gasteiger partial charge in [-0.3, -0.25) is 4.79 Å². The Morgan fingerprint density at radius 1 is 1.50 bits per heavy atom. The predicted octanol–water partition coefficient (Wildman–Crippen LogP) is 1.61. The fourth-order valence-corrected chi connectivity index (χ4v) is 3.38. The molecule has 2 aromatic rings. The van der Waals surface area contributed by atoms with Crippen LogP contribution in [0.1, 0.15) is 17.7 Å². The SMILES string of the molecule is Cc1cc2c(NC3CCC(=O)N(C)C3)nc(N)nc2s1. The number of nitrogen functional groups attached to an aromatic ring is 1. The highest BCUT2D eigenvalue weighted by Crippen LogP contribution is 2.30. The third-order valence-electron chi connectivity index (χ3n) is 3.50. The number of aromatic nitrogens is 2. The first kappa shape index (κ1) is 13.1. The van der Waals surface area contributed by atoms with Gasteiger partial charge >= 0.3 is 0 Å². The number of aryl methyl sites for hydroxylation is 1. The van der Waals surface area contributed by atoms with Gasteiger partial charge in [-0.15, -0.1) is 11.3 Å². The minimum absolute atomic E-state index is 0.196. The van der Waals surface area contributed by atoms with Crippen LogP contribution in [0.3, 0.4) is 0 Å². The number of thiophene rings is 1. The second-order valence-corrected chi connectivity index (χ2v) is 6.40. The molecule has 1 saturated heterocycles. The molecule has 2 aromatic heterocycles. The fourth-order valence-electron chi connectivity index (χ4n) is 2.49. The van der Waals surface area contributed by atoms with Gasteiger partial charge < -0.3 is 16.0 Å². The molecule has 20 heavy (non-hydrogen) atoms. The molecule has 106 valence electrons. The summed E-state index contributed by atoms with van der Waals surface area (Å²) in [6.45, 7) is 2.73. The first-order chi connectivity index (χ1) is 9.52. The number of nitrogens with two attached hydrogens (primary N) is 1. The van der Waals surface area contributed by atoms with Gasteiger partial charge in [-0.25, -0.2) is 4.98 Å². The van der Waals surface area contributed by atoms with Gasteiger partial charge in [0.05, 0.1) is 5.39 Å². The number of fused-ring (bicyclic) bond motifs is 1. The van der Waals surface area contributed by atoms with Gasteiger partial charge in [0, 0.05) is 30.9 Å². The highest BCUT2D eigenvalue weighted by Gasteiger charge is 2.23. The van der Waals surface area contributed by atoms with E-state index in [9.17, 15) is 4.79 Å². The number of anilines is 2. The molecule has 3 N–H and O–H groups in total. The van der Waals surface area contributed by atoms with E-state index in [0.29, 0.717) is 13.0 Å². The Labute approximate surface area is 121 Å². The number of nitrogens with one attached hydrogen (secondary N) is 1. The van der Waals surface area contributed by atoms with Gasteiger partial charge in [0.15, 0.2) is 0 Å². The van der Waals surface area contributed by atoms with Gasteiger partial charge in [0.1, 0.15) is 10.6 Å². The van der Waals surface area contributed by atoms with Crippen molar-refractivity contribution in [3.8, 4) is 0 Å². The van der Waals surface area contributed by atoms with Gasteiger partial charge in [-0.1, -0.05) is 0 Å². The standard InChI is InChI=1S/C13H17N5OS/c1-7-5-9-11(16-13(14)17-12(9)20-7)15-8-3-4-10(19)18(2)6-8/h5,8H,3-4,6H2,1-2H3,(H3,14,15,16,17). The van der Waals surface area contributed by atoms with E-state index < -0.39 is 0 Å². The molecular formula is C13H17N5OS. The predicted molar refractivity (Wildman–Crippen MR) is 80.8 cm³/mol. The lowest BCUT2D eigenvalue weighted by atomic mass is 10.1. The van der Waals surface area contributed by atoms with Gasteiger partial charge in [-0.05, 0) is 19.4 Å². The van der Waals surface area contributed by atoms with Crippen LogP contribution >= 0.6 is 11.3 Å². The Morgan fingerprint density at radius 2 is 2.30 bits per heavy atom. The molecule has 0 radical (unpaired) electrons. The van der Waals surface area contributed by atoms with E-state index >= 15 is 0 Å². The lowest BCUT2D eigenvalue weighted by molar-refractivity contribution is -0.132. The van der Waals surface area contributed by atoms with Crippen molar-refractivity contribution >= 4 is 39.2 Å². The minimum Gasteiger partial charge on any atom is -0.368 e. The van der Waals surface area contributed by atoms with E-state index in [1.807, 2.05) is 14.0 Å². The van der Waals surface area contributed by atoms with Gasteiger partial charge in [0.25, 0.3) is 0 Å². The Bertz CT molecular complexity index is 668. The molecule has 1 fully saturated rings. The Balaban J connectivity index is 1.88. The number of carbonyl (C=O) groups excluding carboxylic acids is 1. The summed E-state index contributed by atoms with van der Waals surface area (Å²) in [5, 5.41) is 4.41. The van der Waals surface area contributed by atoms with E-state index in [2.05, 4.69) is 21.4 Å². The van der Waals surface area contributed by atoms with Crippen LogP contribution in [0.2, 0.25) is 0 Å². The zero-order chi connectivity index (χ0) is 14.3. The van der Waals surface area contributed by atoms with Crippen molar-refractivity contribution in [1.82, 2.24) is 14.9 Å². The molecule has 1 atom stereocenters. The monoisotopic (exact) mass is 291 g/mol. The second-order valence-electron chi connectivity index (χ2n) is 5.16. The Morgan fingerprint density at radius 3 is 3.05 bits per heavy atom. The molecular weight excluding hydrogens is 274 g/mol. The number of likely N-dealkylation sites (N-methyl/N-ethyl adjacent to an activating group) is 1. The summed E-state index contributed by atoms with van der Waals surface area (Å²) in [4.78, 5) is 23.9. The van der Waals surface area contributed by atoms with Gasteiger partial charge in [0.2, 0.25) is 11.9 Å². The molecule has 0 spiro atoms. The van der Waals surface area contributed by atoms with Crippen molar-refractivity contribution in [2.45, 2.75) is 25.8 Å². The second kappa shape index (κ2) is 4.90. The number of rotatable bonds is 2. The van der Waals surface area contributed by atoms with Crippen LogP contribution in [-0.4, -0.2) is 40.4 Å². The molecule has 1 aliphatic heterocycles. The van der Waals surface area contributed by atoms with Crippen molar-refractivity contribution in [2.24, 2.45) is 0 Å². The maximum absolute atomic E-state index is 11.5. The summed E-state index contributed by atoms with van der Waals surface area (Å²) < 4.78 is 0. The van der Waals surface area contributed by atoms with Crippen molar-refractivity contribution in [3.63, 3.8) is 0 Å². The molecule has 0 aromatic carbocycles. The summed E-state index contributed by atoms with van der Waals surface area (Å²) in [6.07, 6.45) is 1.39. The van der Waals surface area contributed by atoms with E-state index in [0.717, 1.165) is 22.5 Å². The van der Waals surface area contributed by atoms with Crippen LogP contribution in [0, 0.1) is 6.92 Å². The van der Waals surface area contributed by atoms with Crippen LogP contribution in [0.4, 0.5) is 11.8 Å². The number of hydrogen-bond acceptors (Lipinski definition) is 6. The molecule has 3 rings (SSSR count). The van der Waals surface area contributed by atoms with Crippen molar-refractivity contribution in [2.75, 3.05) is 24.6 Å². The van der Waals surface area contributed by atoms with Crippen molar-refractivity contribution in [1.29, 1.82) is 0 Å².